The summed E-state index contributed by atoms with van der Waals surface area (Å²) < 4.78 is 5.86. The lowest BCUT2D eigenvalue weighted by Gasteiger charge is -2.34. The number of rotatable bonds is 3. The van der Waals surface area contributed by atoms with E-state index in [9.17, 15) is 0 Å². The van der Waals surface area contributed by atoms with Crippen LogP contribution in [0.4, 0.5) is 11.6 Å². The highest BCUT2D eigenvalue weighted by Crippen LogP contribution is 2.36. The molecule has 0 bridgehead atoms. The highest BCUT2D eigenvalue weighted by atomic mass is 16.5. The van der Waals surface area contributed by atoms with Crippen LogP contribution in [0.5, 0.6) is 0 Å². The molecule has 3 aliphatic rings. The third-order valence-corrected chi connectivity index (χ3v) is 5.45. The van der Waals surface area contributed by atoms with Crippen molar-refractivity contribution >= 4 is 11.6 Å². The minimum atomic E-state index is 0.467. The predicted molar refractivity (Wildman–Crippen MR) is 87.2 cm³/mol. The van der Waals surface area contributed by atoms with Crippen molar-refractivity contribution in [1.29, 1.82) is 0 Å². The molecule has 0 amide bonds. The van der Waals surface area contributed by atoms with Crippen LogP contribution >= 0.6 is 0 Å². The molecule has 120 valence electrons. The van der Waals surface area contributed by atoms with Gasteiger partial charge in [-0.2, -0.15) is 0 Å². The molecule has 1 aromatic heterocycles. The Bertz CT molecular complexity index is 503. The number of fused-ring (bicyclic) bond motifs is 1. The van der Waals surface area contributed by atoms with E-state index >= 15 is 0 Å². The van der Waals surface area contributed by atoms with E-state index in [0.29, 0.717) is 18.1 Å². The molecule has 5 heteroatoms. The van der Waals surface area contributed by atoms with Gasteiger partial charge in [-0.3, -0.25) is 0 Å². The Morgan fingerprint density at radius 2 is 1.95 bits per heavy atom. The van der Waals surface area contributed by atoms with Crippen LogP contribution in [0, 0.1) is 5.92 Å². The van der Waals surface area contributed by atoms with Gasteiger partial charge in [0, 0.05) is 37.7 Å². The molecule has 2 aliphatic heterocycles. The normalized spacial score (nSPS) is 31.8. The molecule has 3 unspecified atom stereocenters. The standard InChI is InChI=1S/C17H26N4O/c1-2-8-21(9-3-1)17-11-16(18-12-19-17)20-14-5-4-6-15-13(14)7-10-22-15/h11-15H,1-10H2,(H,18,19,20). The van der Waals surface area contributed by atoms with Gasteiger partial charge in [-0.25, -0.2) is 9.97 Å². The van der Waals surface area contributed by atoms with E-state index in [1.165, 1.54) is 44.9 Å². The van der Waals surface area contributed by atoms with Crippen LogP contribution in [-0.4, -0.2) is 41.8 Å². The van der Waals surface area contributed by atoms with E-state index in [1.807, 2.05) is 0 Å². The van der Waals surface area contributed by atoms with Gasteiger partial charge in [0.25, 0.3) is 0 Å². The molecule has 1 aromatic rings. The molecule has 1 N–H and O–H groups in total. The Morgan fingerprint density at radius 3 is 2.86 bits per heavy atom. The molecular weight excluding hydrogens is 276 g/mol. The van der Waals surface area contributed by atoms with Crippen LogP contribution in [0.2, 0.25) is 0 Å². The van der Waals surface area contributed by atoms with Crippen LogP contribution in [0.25, 0.3) is 0 Å². The molecular formula is C17H26N4O. The van der Waals surface area contributed by atoms with Gasteiger partial charge in [-0.1, -0.05) is 0 Å². The summed E-state index contributed by atoms with van der Waals surface area (Å²) >= 11 is 0. The van der Waals surface area contributed by atoms with E-state index in [0.717, 1.165) is 31.3 Å². The smallest absolute Gasteiger partial charge is 0.134 e. The molecule has 2 saturated heterocycles. The van der Waals surface area contributed by atoms with Crippen molar-refractivity contribution in [2.75, 3.05) is 29.9 Å². The molecule has 1 aliphatic carbocycles. The summed E-state index contributed by atoms with van der Waals surface area (Å²) in [6.07, 6.45) is 11.0. The van der Waals surface area contributed by atoms with Crippen LogP contribution in [-0.2, 0) is 4.74 Å². The third-order valence-electron chi connectivity index (χ3n) is 5.45. The number of hydrogen-bond acceptors (Lipinski definition) is 5. The van der Waals surface area contributed by atoms with Gasteiger partial charge in [0.2, 0.25) is 0 Å². The summed E-state index contributed by atoms with van der Waals surface area (Å²) in [5.41, 5.74) is 0. The summed E-state index contributed by atoms with van der Waals surface area (Å²) in [4.78, 5) is 11.3. The first kappa shape index (κ1) is 14.2. The lowest BCUT2D eigenvalue weighted by molar-refractivity contribution is 0.0619. The first-order chi connectivity index (χ1) is 10.9. The van der Waals surface area contributed by atoms with Gasteiger partial charge in [0.05, 0.1) is 6.10 Å². The number of aromatic nitrogens is 2. The predicted octanol–water partition coefficient (Wildman–Crippen LogP) is 2.84. The summed E-state index contributed by atoms with van der Waals surface area (Å²) in [6.45, 7) is 3.17. The molecule has 0 radical (unpaired) electrons. The maximum atomic E-state index is 5.86. The first-order valence-electron chi connectivity index (χ1n) is 8.85. The van der Waals surface area contributed by atoms with E-state index in [2.05, 4.69) is 26.3 Å². The Morgan fingerprint density at radius 1 is 1.05 bits per heavy atom. The zero-order valence-corrected chi connectivity index (χ0v) is 13.2. The fourth-order valence-corrected chi connectivity index (χ4v) is 4.27. The SMILES string of the molecule is c1nc(NC2CCCC3OCCC23)cc(N2CCCCC2)n1. The monoisotopic (exact) mass is 302 g/mol. The Balaban J connectivity index is 1.46. The van der Waals surface area contributed by atoms with E-state index in [-0.39, 0.29) is 0 Å². The van der Waals surface area contributed by atoms with Crippen molar-refractivity contribution in [3.05, 3.63) is 12.4 Å². The fraction of sp³-hybridized carbons (Fsp3) is 0.765. The Kier molecular flexibility index (Phi) is 4.15. The highest BCUT2D eigenvalue weighted by molar-refractivity contribution is 5.49. The first-order valence-corrected chi connectivity index (χ1v) is 8.85. The molecule has 1 saturated carbocycles. The van der Waals surface area contributed by atoms with Crippen molar-refractivity contribution in [3.63, 3.8) is 0 Å². The van der Waals surface area contributed by atoms with E-state index in [1.54, 1.807) is 6.33 Å². The zero-order chi connectivity index (χ0) is 14.8. The second-order valence-corrected chi connectivity index (χ2v) is 6.85. The van der Waals surface area contributed by atoms with Crippen molar-refractivity contribution in [1.82, 2.24) is 9.97 Å². The maximum absolute atomic E-state index is 5.86. The highest BCUT2D eigenvalue weighted by Gasteiger charge is 2.37. The fourth-order valence-electron chi connectivity index (χ4n) is 4.27. The van der Waals surface area contributed by atoms with Gasteiger partial charge < -0.3 is 15.0 Å². The van der Waals surface area contributed by atoms with Crippen LogP contribution < -0.4 is 10.2 Å². The summed E-state index contributed by atoms with van der Waals surface area (Å²) in [7, 11) is 0. The van der Waals surface area contributed by atoms with Crippen LogP contribution in [0.1, 0.15) is 44.9 Å². The molecule has 0 spiro atoms. The Hall–Kier alpha value is -1.36. The minimum Gasteiger partial charge on any atom is -0.378 e. The van der Waals surface area contributed by atoms with Crippen molar-refractivity contribution in [3.8, 4) is 0 Å². The number of piperidine rings is 1. The number of nitrogens with one attached hydrogen (secondary N) is 1. The van der Waals surface area contributed by atoms with Crippen molar-refractivity contribution in [2.45, 2.75) is 57.1 Å². The van der Waals surface area contributed by atoms with Crippen molar-refractivity contribution < 1.29 is 4.74 Å². The van der Waals surface area contributed by atoms with Gasteiger partial charge in [-0.15, -0.1) is 0 Å². The number of anilines is 2. The second-order valence-electron chi connectivity index (χ2n) is 6.85. The van der Waals surface area contributed by atoms with Crippen LogP contribution in [0.3, 0.4) is 0 Å². The maximum Gasteiger partial charge on any atom is 0.134 e. The van der Waals surface area contributed by atoms with E-state index < -0.39 is 0 Å². The second kappa shape index (κ2) is 6.41. The molecule has 22 heavy (non-hydrogen) atoms. The molecule has 5 nitrogen and oxygen atoms in total. The minimum absolute atomic E-state index is 0.467. The lowest BCUT2D eigenvalue weighted by Crippen LogP contribution is -2.38. The van der Waals surface area contributed by atoms with Gasteiger partial charge in [-0.05, 0) is 44.9 Å². The molecule has 0 aromatic carbocycles. The molecule has 3 fully saturated rings. The van der Waals surface area contributed by atoms with Gasteiger partial charge >= 0.3 is 0 Å². The van der Waals surface area contributed by atoms with Gasteiger partial charge in [0.1, 0.15) is 18.0 Å². The molecule has 3 atom stereocenters. The summed E-state index contributed by atoms with van der Waals surface area (Å²) in [6, 6.07) is 2.63. The summed E-state index contributed by atoms with van der Waals surface area (Å²) in [5, 5.41) is 3.67. The Labute approximate surface area is 132 Å². The number of nitrogens with zero attached hydrogens (tertiary/aromatic N) is 3. The molecule has 4 rings (SSSR count). The lowest BCUT2D eigenvalue weighted by atomic mass is 9.82. The topological polar surface area (TPSA) is 50.3 Å². The van der Waals surface area contributed by atoms with Gasteiger partial charge in [0.15, 0.2) is 0 Å². The van der Waals surface area contributed by atoms with Crippen molar-refractivity contribution in [2.24, 2.45) is 5.92 Å². The zero-order valence-electron chi connectivity index (χ0n) is 13.2. The number of ether oxygens (including phenoxy) is 1. The van der Waals surface area contributed by atoms with Crippen LogP contribution in [0.15, 0.2) is 12.4 Å². The largest absolute Gasteiger partial charge is 0.378 e. The number of hydrogen-bond donors (Lipinski definition) is 1. The average Bonchev–Trinajstić information content (AvgIpc) is 3.06. The quantitative estimate of drug-likeness (QED) is 0.930. The molecule has 3 heterocycles. The average molecular weight is 302 g/mol. The third kappa shape index (κ3) is 2.91. The summed E-state index contributed by atoms with van der Waals surface area (Å²) in [5.74, 6) is 2.71. The van der Waals surface area contributed by atoms with E-state index in [4.69, 9.17) is 4.74 Å².